The standard InChI is InChI=1S/C16H23NO6S/c1-22-15(18)13(9-10-24(3,20)21)11-14(17-16(19)23-2)12-7-5-4-6-8-12/h4-8,13-14H,9-11H2,1-3H3,(H,17,19). The van der Waals surface area contributed by atoms with Crippen LogP contribution in [0.2, 0.25) is 0 Å². The molecule has 8 heteroatoms. The van der Waals surface area contributed by atoms with Gasteiger partial charge in [-0.3, -0.25) is 4.79 Å². The quantitative estimate of drug-likeness (QED) is 0.711. The van der Waals surface area contributed by atoms with Crippen molar-refractivity contribution in [2.45, 2.75) is 18.9 Å². The molecule has 0 aliphatic rings. The van der Waals surface area contributed by atoms with Gasteiger partial charge < -0.3 is 14.8 Å². The molecule has 0 heterocycles. The molecule has 1 rings (SSSR count). The third-order valence-corrected chi connectivity index (χ3v) is 4.55. The molecule has 0 radical (unpaired) electrons. The SMILES string of the molecule is COC(=O)NC(CC(CCS(C)(=O)=O)C(=O)OC)c1ccccc1. The molecule has 7 nitrogen and oxygen atoms in total. The van der Waals surface area contributed by atoms with Gasteiger partial charge in [0.2, 0.25) is 0 Å². The Morgan fingerprint density at radius 1 is 1.12 bits per heavy atom. The predicted molar refractivity (Wildman–Crippen MR) is 89.2 cm³/mol. The number of amides is 1. The second-order valence-electron chi connectivity index (χ2n) is 5.47. The zero-order chi connectivity index (χ0) is 18.2. The van der Waals surface area contributed by atoms with Crippen LogP contribution < -0.4 is 5.32 Å². The molecule has 0 fully saturated rings. The van der Waals surface area contributed by atoms with Crippen LogP contribution in [0.4, 0.5) is 4.79 Å². The first kappa shape index (κ1) is 20.0. The van der Waals surface area contributed by atoms with Gasteiger partial charge in [0, 0.05) is 6.26 Å². The van der Waals surface area contributed by atoms with Crippen molar-refractivity contribution >= 4 is 21.9 Å². The highest BCUT2D eigenvalue weighted by Crippen LogP contribution is 2.25. The van der Waals surface area contributed by atoms with Gasteiger partial charge in [-0.1, -0.05) is 30.3 Å². The number of carbonyl (C=O) groups excluding carboxylic acids is 2. The molecule has 0 aromatic heterocycles. The van der Waals surface area contributed by atoms with Gasteiger partial charge in [-0.05, 0) is 18.4 Å². The number of carbonyl (C=O) groups is 2. The maximum Gasteiger partial charge on any atom is 0.407 e. The molecule has 0 bridgehead atoms. The van der Waals surface area contributed by atoms with Gasteiger partial charge in [0.15, 0.2) is 0 Å². The van der Waals surface area contributed by atoms with Crippen molar-refractivity contribution in [2.75, 3.05) is 26.2 Å². The normalized spacial score (nSPS) is 13.6. The van der Waals surface area contributed by atoms with E-state index in [-0.39, 0.29) is 18.6 Å². The molecule has 1 aromatic carbocycles. The number of alkyl carbamates (subject to hydrolysis) is 1. The molecule has 1 aromatic rings. The Bertz CT molecular complexity index is 644. The molecule has 0 aliphatic carbocycles. The first-order valence-electron chi connectivity index (χ1n) is 7.41. The van der Waals surface area contributed by atoms with E-state index < -0.39 is 33.9 Å². The molecule has 134 valence electrons. The van der Waals surface area contributed by atoms with Crippen molar-refractivity contribution < 1.29 is 27.5 Å². The Kier molecular flexibility index (Phi) is 7.70. The average molecular weight is 357 g/mol. The van der Waals surface area contributed by atoms with Crippen LogP contribution in [-0.2, 0) is 24.1 Å². The molecule has 24 heavy (non-hydrogen) atoms. The van der Waals surface area contributed by atoms with E-state index in [0.717, 1.165) is 11.8 Å². The summed E-state index contributed by atoms with van der Waals surface area (Å²) in [5.41, 5.74) is 0.788. The summed E-state index contributed by atoms with van der Waals surface area (Å²) < 4.78 is 32.2. The number of hydrogen-bond donors (Lipinski definition) is 1. The fourth-order valence-corrected chi connectivity index (χ4v) is 3.02. The van der Waals surface area contributed by atoms with E-state index in [4.69, 9.17) is 4.74 Å². The molecule has 2 atom stereocenters. The monoisotopic (exact) mass is 357 g/mol. The van der Waals surface area contributed by atoms with Crippen LogP contribution in [0.25, 0.3) is 0 Å². The fraction of sp³-hybridized carbons (Fsp3) is 0.500. The summed E-state index contributed by atoms with van der Waals surface area (Å²) in [6.07, 6.45) is 0.817. The Morgan fingerprint density at radius 3 is 2.25 bits per heavy atom. The predicted octanol–water partition coefficient (Wildman–Crippen LogP) is 1.70. The highest BCUT2D eigenvalue weighted by Gasteiger charge is 2.27. The molecule has 0 aliphatic heterocycles. The Hall–Kier alpha value is -2.09. The number of ether oxygens (including phenoxy) is 2. The second kappa shape index (κ2) is 9.27. The van der Waals surface area contributed by atoms with Crippen molar-refractivity contribution in [2.24, 2.45) is 5.92 Å². The summed E-state index contributed by atoms with van der Waals surface area (Å²) >= 11 is 0. The molecule has 0 spiro atoms. The van der Waals surface area contributed by atoms with E-state index in [1.54, 1.807) is 0 Å². The smallest absolute Gasteiger partial charge is 0.407 e. The third-order valence-electron chi connectivity index (χ3n) is 3.57. The van der Waals surface area contributed by atoms with Gasteiger partial charge in [0.1, 0.15) is 9.84 Å². The first-order valence-corrected chi connectivity index (χ1v) is 9.48. The van der Waals surface area contributed by atoms with Crippen LogP contribution in [0.15, 0.2) is 30.3 Å². The molecule has 0 saturated heterocycles. The number of methoxy groups -OCH3 is 2. The number of nitrogens with one attached hydrogen (secondary N) is 1. The molecule has 2 unspecified atom stereocenters. The summed E-state index contributed by atoms with van der Waals surface area (Å²) in [5.74, 6) is -1.30. The van der Waals surface area contributed by atoms with Crippen molar-refractivity contribution in [3.05, 3.63) is 35.9 Å². The van der Waals surface area contributed by atoms with E-state index in [9.17, 15) is 18.0 Å². The average Bonchev–Trinajstić information content (AvgIpc) is 2.56. The zero-order valence-corrected chi connectivity index (χ0v) is 14.8. The van der Waals surface area contributed by atoms with Gasteiger partial charge in [0.25, 0.3) is 0 Å². The summed E-state index contributed by atoms with van der Waals surface area (Å²) in [6.45, 7) is 0. The third kappa shape index (κ3) is 6.99. The minimum absolute atomic E-state index is 0.123. The van der Waals surface area contributed by atoms with Crippen LogP contribution in [0, 0.1) is 5.92 Å². The highest BCUT2D eigenvalue weighted by molar-refractivity contribution is 7.90. The van der Waals surface area contributed by atoms with E-state index in [2.05, 4.69) is 10.1 Å². The summed E-state index contributed by atoms with van der Waals surface area (Å²) in [5, 5.41) is 2.67. The number of rotatable bonds is 8. The lowest BCUT2D eigenvalue weighted by molar-refractivity contribution is -0.146. The Labute approximate surface area is 142 Å². The molecule has 1 amide bonds. The molecule has 1 N–H and O–H groups in total. The van der Waals surface area contributed by atoms with E-state index in [1.165, 1.54) is 14.2 Å². The number of esters is 1. The van der Waals surface area contributed by atoms with Crippen molar-refractivity contribution in [3.8, 4) is 0 Å². The van der Waals surface area contributed by atoms with Crippen LogP contribution >= 0.6 is 0 Å². The lowest BCUT2D eigenvalue weighted by Gasteiger charge is -2.23. The fourth-order valence-electron chi connectivity index (χ4n) is 2.30. The van der Waals surface area contributed by atoms with Crippen LogP contribution in [0.3, 0.4) is 0 Å². The number of hydrogen-bond acceptors (Lipinski definition) is 6. The van der Waals surface area contributed by atoms with Crippen LogP contribution in [-0.4, -0.2) is 46.7 Å². The number of sulfone groups is 1. The van der Waals surface area contributed by atoms with E-state index in [1.807, 2.05) is 30.3 Å². The molecule has 0 saturated carbocycles. The Balaban J connectivity index is 2.97. The summed E-state index contributed by atoms with van der Waals surface area (Å²) in [4.78, 5) is 23.6. The van der Waals surface area contributed by atoms with E-state index >= 15 is 0 Å². The minimum Gasteiger partial charge on any atom is -0.469 e. The number of benzene rings is 1. The second-order valence-corrected chi connectivity index (χ2v) is 7.73. The minimum atomic E-state index is -3.21. The van der Waals surface area contributed by atoms with Crippen LogP contribution in [0.5, 0.6) is 0 Å². The summed E-state index contributed by atoms with van der Waals surface area (Å²) in [6, 6.07) is 8.58. The summed E-state index contributed by atoms with van der Waals surface area (Å²) in [7, 11) is -0.709. The van der Waals surface area contributed by atoms with Gasteiger partial charge in [0.05, 0.1) is 31.9 Å². The van der Waals surface area contributed by atoms with Crippen molar-refractivity contribution in [1.82, 2.24) is 5.32 Å². The lowest BCUT2D eigenvalue weighted by Crippen LogP contribution is -2.32. The largest absolute Gasteiger partial charge is 0.469 e. The van der Waals surface area contributed by atoms with Crippen LogP contribution in [0.1, 0.15) is 24.4 Å². The Morgan fingerprint density at radius 2 is 1.75 bits per heavy atom. The lowest BCUT2D eigenvalue weighted by atomic mass is 9.93. The van der Waals surface area contributed by atoms with Gasteiger partial charge in [-0.15, -0.1) is 0 Å². The van der Waals surface area contributed by atoms with Gasteiger partial charge in [-0.2, -0.15) is 0 Å². The maximum atomic E-state index is 12.0. The topological polar surface area (TPSA) is 98.8 Å². The van der Waals surface area contributed by atoms with Crippen molar-refractivity contribution in [3.63, 3.8) is 0 Å². The maximum absolute atomic E-state index is 12.0. The zero-order valence-electron chi connectivity index (χ0n) is 14.0. The van der Waals surface area contributed by atoms with E-state index in [0.29, 0.717) is 0 Å². The van der Waals surface area contributed by atoms with Gasteiger partial charge in [-0.25, -0.2) is 13.2 Å². The molecular weight excluding hydrogens is 334 g/mol. The highest BCUT2D eigenvalue weighted by atomic mass is 32.2. The van der Waals surface area contributed by atoms with Gasteiger partial charge >= 0.3 is 12.1 Å². The molecular formula is C16H23NO6S. The van der Waals surface area contributed by atoms with Crippen molar-refractivity contribution in [1.29, 1.82) is 0 Å². The first-order chi connectivity index (χ1) is 11.3.